The van der Waals surface area contributed by atoms with Crippen molar-refractivity contribution in [2.45, 2.75) is 25.4 Å². The van der Waals surface area contributed by atoms with Crippen molar-refractivity contribution >= 4 is 9.84 Å². The number of nitrogens with two attached hydrogens (primary N) is 1. The minimum atomic E-state index is -3.07. The van der Waals surface area contributed by atoms with Crippen LogP contribution in [-0.2, 0) is 14.6 Å². The molecule has 0 radical (unpaired) electrons. The number of aliphatic hydroxyl groups is 1. The second-order valence-corrected chi connectivity index (χ2v) is 6.83. The molecule has 1 fully saturated rings. The summed E-state index contributed by atoms with van der Waals surface area (Å²) in [6, 6.07) is 0. The van der Waals surface area contributed by atoms with Crippen LogP contribution in [0.4, 0.5) is 0 Å². The van der Waals surface area contributed by atoms with Crippen LogP contribution in [0.15, 0.2) is 0 Å². The molecular weight excluding hydrogens is 230 g/mol. The highest BCUT2D eigenvalue weighted by Crippen LogP contribution is 2.43. The van der Waals surface area contributed by atoms with E-state index in [0.717, 1.165) is 0 Å². The molecule has 16 heavy (non-hydrogen) atoms. The van der Waals surface area contributed by atoms with E-state index in [2.05, 4.69) is 0 Å². The van der Waals surface area contributed by atoms with Crippen molar-refractivity contribution in [3.05, 3.63) is 0 Å². The van der Waals surface area contributed by atoms with Crippen molar-refractivity contribution < 1.29 is 18.3 Å². The van der Waals surface area contributed by atoms with Crippen LogP contribution in [-0.4, -0.2) is 50.9 Å². The zero-order valence-corrected chi connectivity index (χ0v) is 10.7. The van der Waals surface area contributed by atoms with Crippen molar-refractivity contribution in [2.24, 2.45) is 11.1 Å². The maximum Gasteiger partial charge on any atom is 0.151 e. The van der Waals surface area contributed by atoms with E-state index in [-0.39, 0.29) is 24.7 Å². The standard InChI is InChI=1S/C10H21NO4S/c1-3-10(12,7-15-2)9(6-11)4-5-16(13,14)8-9/h12H,3-8,11H2,1-2H3. The number of methoxy groups -OCH3 is 1. The summed E-state index contributed by atoms with van der Waals surface area (Å²) in [5, 5.41) is 10.5. The second kappa shape index (κ2) is 4.60. The average molecular weight is 251 g/mol. The van der Waals surface area contributed by atoms with Gasteiger partial charge in [0.25, 0.3) is 0 Å². The third kappa shape index (κ3) is 2.25. The van der Waals surface area contributed by atoms with E-state index in [1.165, 1.54) is 7.11 Å². The Kier molecular flexibility index (Phi) is 3.99. The molecule has 0 aromatic heterocycles. The maximum absolute atomic E-state index is 11.6. The van der Waals surface area contributed by atoms with Crippen molar-refractivity contribution in [3.8, 4) is 0 Å². The molecule has 6 heteroatoms. The largest absolute Gasteiger partial charge is 0.387 e. The van der Waals surface area contributed by atoms with Gasteiger partial charge in [0.05, 0.1) is 23.7 Å². The summed E-state index contributed by atoms with van der Waals surface area (Å²) < 4.78 is 28.1. The van der Waals surface area contributed by atoms with E-state index in [1.807, 2.05) is 6.92 Å². The highest BCUT2D eigenvalue weighted by Gasteiger charge is 2.54. The quantitative estimate of drug-likeness (QED) is 0.690. The van der Waals surface area contributed by atoms with Gasteiger partial charge in [-0.05, 0) is 12.8 Å². The average Bonchev–Trinajstić information content (AvgIpc) is 2.56. The number of ether oxygens (including phenoxy) is 1. The summed E-state index contributed by atoms with van der Waals surface area (Å²) in [5.74, 6) is 0.0699. The molecule has 1 aliphatic rings. The lowest BCUT2D eigenvalue weighted by atomic mass is 9.70. The van der Waals surface area contributed by atoms with E-state index < -0.39 is 20.9 Å². The Labute approximate surface area is 96.9 Å². The number of sulfone groups is 1. The van der Waals surface area contributed by atoms with E-state index >= 15 is 0 Å². The fourth-order valence-corrected chi connectivity index (χ4v) is 4.72. The highest BCUT2D eigenvalue weighted by molar-refractivity contribution is 7.91. The van der Waals surface area contributed by atoms with Crippen LogP contribution >= 0.6 is 0 Å². The first-order valence-electron chi connectivity index (χ1n) is 5.46. The summed E-state index contributed by atoms with van der Waals surface area (Å²) in [7, 11) is -1.58. The van der Waals surface area contributed by atoms with Gasteiger partial charge >= 0.3 is 0 Å². The Morgan fingerprint density at radius 1 is 1.56 bits per heavy atom. The molecule has 0 saturated carbocycles. The first kappa shape index (κ1) is 13.9. The Hall–Kier alpha value is -0.170. The van der Waals surface area contributed by atoms with Gasteiger partial charge < -0.3 is 15.6 Å². The smallest absolute Gasteiger partial charge is 0.151 e. The van der Waals surface area contributed by atoms with Crippen LogP contribution in [0, 0.1) is 5.41 Å². The third-order valence-corrected chi connectivity index (χ3v) is 5.55. The molecule has 0 aliphatic carbocycles. The van der Waals surface area contributed by atoms with Crippen LogP contribution in [0.5, 0.6) is 0 Å². The van der Waals surface area contributed by atoms with Crippen LogP contribution in [0.2, 0.25) is 0 Å². The van der Waals surface area contributed by atoms with Crippen molar-refractivity contribution in [1.29, 1.82) is 0 Å². The number of hydrogen-bond donors (Lipinski definition) is 2. The summed E-state index contributed by atoms with van der Waals surface area (Å²) >= 11 is 0. The van der Waals surface area contributed by atoms with Crippen LogP contribution in [0.25, 0.3) is 0 Å². The van der Waals surface area contributed by atoms with Gasteiger partial charge in [-0.25, -0.2) is 8.42 Å². The molecule has 2 atom stereocenters. The lowest BCUT2D eigenvalue weighted by Gasteiger charge is -2.42. The third-order valence-electron chi connectivity index (χ3n) is 3.73. The molecular formula is C10H21NO4S. The molecule has 0 amide bonds. The molecule has 1 aliphatic heterocycles. The van der Waals surface area contributed by atoms with E-state index in [4.69, 9.17) is 10.5 Å². The van der Waals surface area contributed by atoms with Crippen molar-refractivity contribution in [2.75, 3.05) is 31.8 Å². The van der Waals surface area contributed by atoms with E-state index in [9.17, 15) is 13.5 Å². The Morgan fingerprint density at radius 3 is 2.50 bits per heavy atom. The normalized spacial score (nSPS) is 32.5. The van der Waals surface area contributed by atoms with Gasteiger partial charge in [-0.1, -0.05) is 6.92 Å². The van der Waals surface area contributed by atoms with Gasteiger partial charge in [-0.3, -0.25) is 0 Å². The minimum absolute atomic E-state index is 0.0375. The van der Waals surface area contributed by atoms with Crippen LogP contribution in [0.1, 0.15) is 19.8 Å². The number of rotatable bonds is 5. The second-order valence-electron chi connectivity index (χ2n) is 4.64. The summed E-state index contributed by atoms with van der Waals surface area (Å²) in [5.41, 5.74) is 3.80. The topological polar surface area (TPSA) is 89.6 Å². The summed E-state index contributed by atoms with van der Waals surface area (Å²) in [4.78, 5) is 0. The maximum atomic E-state index is 11.6. The lowest BCUT2D eigenvalue weighted by molar-refractivity contribution is -0.114. The van der Waals surface area contributed by atoms with Gasteiger partial charge in [0.1, 0.15) is 0 Å². The molecule has 1 heterocycles. The fraction of sp³-hybridized carbons (Fsp3) is 1.00. The molecule has 96 valence electrons. The predicted molar refractivity (Wildman–Crippen MR) is 61.9 cm³/mol. The zero-order chi connectivity index (χ0) is 12.4. The van der Waals surface area contributed by atoms with Gasteiger partial charge in [0.15, 0.2) is 9.84 Å². The molecule has 5 nitrogen and oxygen atoms in total. The van der Waals surface area contributed by atoms with Gasteiger partial charge in [0, 0.05) is 19.1 Å². The fourth-order valence-electron chi connectivity index (χ4n) is 2.50. The highest BCUT2D eigenvalue weighted by atomic mass is 32.2. The SMILES string of the molecule is CCC(O)(COC)C1(CN)CCS(=O)(=O)C1. The Balaban J connectivity index is 3.05. The molecule has 2 unspecified atom stereocenters. The summed E-state index contributed by atoms with van der Waals surface area (Å²) in [6.45, 7) is 2.11. The minimum Gasteiger partial charge on any atom is -0.387 e. The molecule has 1 saturated heterocycles. The molecule has 3 N–H and O–H groups in total. The Morgan fingerprint density at radius 2 is 2.19 bits per heavy atom. The molecule has 0 spiro atoms. The molecule has 1 rings (SSSR count). The van der Waals surface area contributed by atoms with E-state index in [1.54, 1.807) is 0 Å². The first-order chi connectivity index (χ1) is 7.35. The van der Waals surface area contributed by atoms with E-state index in [0.29, 0.717) is 12.8 Å². The van der Waals surface area contributed by atoms with Crippen molar-refractivity contribution in [1.82, 2.24) is 0 Å². The Bertz CT molecular complexity index is 343. The van der Waals surface area contributed by atoms with Gasteiger partial charge in [-0.2, -0.15) is 0 Å². The zero-order valence-electron chi connectivity index (χ0n) is 9.90. The van der Waals surface area contributed by atoms with Gasteiger partial charge in [0.2, 0.25) is 0 Å². The van der Waals surface area contributed by atoms with Crippen molar-refractivity contribution in [3.63, 3.8) is 0 Å². The van der Waals surface area contributed by atoms with Crippen LogP contribution < -0.4 is 5.73 Å². The van der Waals surface area contributed by atoms with Gasteiger partial charge in [-0.15, -0.1) is 0 Å². The molecule has 0 aromatic rings. The summed E-state index contributed by atoms with van der Waals surface area (Å²) in [6.07, 6.45) is 0.854. The molecule has 0 aromatic carbocycles. The number of hydrogen-bond acceptors (Lipinski definition) is 5. The molecule has 0 bridgehead atoms. The van der Waals surface area contributed by atoms with Crippen LogP contribution in [0.3, 0.4) is 0 Å². The monoisotopic (exact) mass is 251 g/mol. The first-order valence-corrected chi connectivity index (χ1v) is 7.29. The predicted octanol–water partition coefficient (Wildman–Crippen LogP) is -0.462. The lowest BCUT2D eigenvalue weighted by Crippen LogP contribution is -2.56.